The van der Waals surface area contributed by atoms with E-state index in [1.165, 1.54) is 5.56 Å². The Morgan fingerprint density at radius 3 is 2.60 bits per heavy atom. The second-order valence-corrected chi connectivity index (χ2v) is 7.11. The van der Waals surface area contributed by atoms with Crippen molar-refractivity contribution in [3.8, 4) is 11.5 Å². The van der Waals surface area contributed by atoms with E-state index in [0.29, 0.717) is 0 Å². The van der Waals surface area contributed by atoms with Crippen LogP contribution < -0.4 is 9.64 Å². The normalized spacial score (nSPS) is 15.6. The van der Waals surface area contributed by atoms with Gasteiger partial charge >= 0.3 is 0 Å². The molecule has 0 bridgehead atoms. The summed E-state index contributed by atoms with van der Waals surface area (Å²) in [4.78, 5) is 9.05. The number of benzene rings is 2. The number of fused-ring (bicyclic) bond motifs is 1. The number of aromatic nitrogens is 1. The van der Waals surface area contributed by atoms with E-state index in [9.17, 15) is 5.11 Å². The van der Waals surface area contributed by atoms with Crippen molar-refractivity contribution in [1.29, 1.82) is 0 Å². The summed E-state index contributed by atoms with van der Waals surface area (Å²) in [6.07, 6.45) is 0. The maximum absolute atomic E-state index is 11.9. The summed E-state index contributed by atoms with van der Waals surface area (Å²) in [6.45, 7) is 4.75. The largest absolute Gasteiger partial charge is 0.497 e. The second-order valence-electron chi connectivity index (χ2n) is 6.25. The Morgan fingerprint density at radius 1 is 1.12 bits per heavy atom. The molecule has 1 aliphatic rings. The fourth-order valence-corrected chi connectivity index (χ4v) is 4.11. The molecule has 1 aromatic heterocycles. The number of nitrogens with zero attached hydrogens (tertiary/aromatic N) is 3. The first kappa shape index (κ1) is 16.2. The van der Waals surface area contributed by atoms with Crippen molar-refractivity contribution in [3.63, 3.8) is 0 Å². The number of hydrogen-bond donors (Lipinski definition) is 0. The molecule has 2 aromatic carbocycles. The number of thiazole rings is 1. The summed E-state index contributed by atoms with van der Waals surface area (Å²) in [5.74, 6) is 0.925. The number of hydrogen-bond acceptors (Lipinski definition) is 5. The van der Waals surface area contributed by atoms with E-state index >= 15 is 0 Å². The molecule has 3 aromatic rings. The first-order valence-electron chi connectivity index (χ1n) is 8.37. The van der Waals surface area contributed by atoms with Gasteiger partial charge in [0.25, 0.3) is 0 Å². The van der Waals surface area contributed by atoms with Crippen LogP contribution in [0, 0.1) is 0 Å². The smallest absolute Gasteiger partial charge is 0.182 e. The predicted molar refractivity (Wildman–Crippen MR) is 100 cm³/mol. The highest BCUT2D eigenvalue weighted by Crippen LogP contribution is 2.34. The molecular formula is C19H20N3O2S. The molecule has 5 nitrogen and oxygen atoms in total. The molecule has 4 rings (SSSR count). The summed E-state index contributed by atoms with van der Waals surface area (Å²) in [7, 11) is 1.69. The minimum atomic E-state index is 0.0362. The van der Waals surface area contributed by atoms with E-state index in [4.69, 9.17) is 4.74 Å². The molecule has 129 valence electrons. The maximum Gasteiger partial charge on any atom is 0.182 e. The molecule has 1 saturated heterocycles. The molecule has 1 aliphatic heterocycles. The van der Waals surface area contributed by atoms with Gasteiger partial charge in [0.05, 0.1) is 28.5 Å². The summed E-state index contributed by atoms with van der Waals surface area (Å²) >= 11 is 1.61. The average molecular weight is 354 g/mol. The van der Waals surface area contributed by atoms with Crippen LogP contribution in [-0.2, 0) is 11.7 Å². The lowest BCUT2D eigenvalue weighted by Crippen LogP contribution is -2.46. The molecule has 25 heavy (non-hydrogen) atoms. The van der Waals surface area contributed by atoms with Gasteiger partial charge in [0.15, 0.2) is 5.75 Å². The van der Waals surface area contributed by atoms with Gasteiger partial charge < -0.3 is 9.64 Å². The van der Waals surface area contributed by atoms with E-state index in [-0.39, 0.29) is 5.75 Å². The van der Waals surface area contributed by atoms with Gasteiger partial charge in [-0.1, -0.05) is 12.1 Å². The highest BCUT2D eigenvalue weighted by molar-refractivity contribution is 7.17. The maximum atomic E-state index is 11.9. The van der Waals surface area contributed by atoms with Gasteiger partial charge in [0.1, 0.15) is 5.75 Å². The zero-order valence-corrected chi connectivity index (χ0v) is 15.0. The van der Waals surface area contributed by atoms with Crippen molar-refractivity contribution in [2.24, 2.45) is 0 Å². The summed E-state index contributed by atoms with van der Waals surface area (Å²) in [6, 6.07) is 11.6. The molecule has 0 aliphatic carbocycles. The van der Waals surface area contributed by atoms with Crippen molar-refractivity contribution in [2.45, 2.75) is 6.54 Å². The third-order valence-corrected chi connectivity index (χ3v) is 5.53. The monoisotopic (exact) mass is 354 g/mol. The summed E-state index contributed by atoms with van der Waals surface area (Å²) < 4.78 is 6.32. The van der Waals surface area contributed by atoms with Crippen LogP contribution >= 0.6 is 11.3 Å². The lowest BCUT2D eigenvalue weighted by Gasteiger charge is -2.36. The molecule has 0 N–H and O–H groups in total. The van der Waals surface area contributed by atoms with Crippen LogP contribution in [0.4, 0.5) is 5.69 Å². The quantitative estimate of drug-likeness (QED) is 0.716. The Morgan fingerprint density at radius 2 is 1.88 bits per heavy atom. The van der Waals surface area contributed by atoms with Gasteiger partial charge in [-0.2, -0.15) is 0 Å². The highest BCUT2D eigenvalue weighted by atomic mass is 32.1. The van der Waals surface area contributed by atoms with Crippen molar-refractivity contribution in [2.75, 3.05) is 38.2 Å². The van der Waals surface area contributed by atoms with Crippen LogP contribution in [0.15, 0.2) is 41.9 Å². The van der Waals surface area contributed by atoms with Crippen LogP contribution in [-0.4, -0.2) is 43.2 Å². The Bertz CT molecular complexity index is 855. The Labute approximate surface area is 151 Å². The van der Waals surface area contributed by atoms with E-state index in [1.54, 1.807) is 30.6 Å². The highest BCUT2D eigenvalue weighted by Gasteiger charge is 2.20. The standard InChI is InChI=1S/C19H20N3O2S/c1-24-16-4-2-14(3-5-16)12-21-6-8-22(9-7-21)18-11-15(23)10-17-19(18)25-13-20-17/h2-5,10-11,13H,6-9,12H2,1H3. The molecule has 2 heterocycles. The summed E-state index contributed by atoms with van der Waals surface area (Å²) in [5.41, 5.74) is 4.95. The lowest BCUT2D eigenvalue weighted by molar-refractivity contribution is 0.250. The number of anilines is 1. The first-order valence-corrected chi connectivity index (χ1v) is 9.25. The third-order valence-electron chi connectivity index (χ3n) is 4.66. The predicted octanol–water partition coefficient (Wildman–Crippen LogP) is 3.77. The first-order chi connectivity index (χ1) is 12.2. The molecule has 1 fully saturated rings. The van der Waals surface area contributed by atoms with Gasteiger partial charge in [-0.3, -0.25) is 10.0 Å². The van der Waals surface area contributed by atoms with Gasteiger partial charge in [-0.05, 0) is 17.7 Å². The van der Waals surface area contributed by atoms with E-state index in [0.717, 1.165) is 54.4 Å². The average Bonchev–Trinajstić information content (AvgIpc) is 3.11. The number of rotatable bonds is 4. The Kier molecular flexibility index (Phi) is 4.46. The van der Waals surface area contributed by atoms with Crippen LogP contribution in [0.5, 0.6) is 11.5 Å². The molecule has 0 atom stereocenters. The fourth-order valence-electron chi connectivity index (χ4n) is 3.30. The van der Waals surface area contributed by atoms with Crippen LogP contribution in [0.2, 0.25) is 0 Å². The topological polar surface area (TPSA) is 48.5 Å². The van der Waals surface area contributed by atoms with Crippen LogP contribution in [0.25, 0.3) is 10.2 Å². The molecule has 0 unspecified atom stereocenters. The van der Waals surface area contributed by atoms with Gasteiger partial charge in [-0.25, -0.2) is 4.98 Å². The third kappa shape index (κ3) is 3.41. The minimum Gasteiger partial charge on any atom is -0.497 e. The number of ether oxygens (including phenoxy) is 1. The van der Waals surface area contributed by atoms with Gasteiger partial charge in [0.2, 0.25) is 0 Å². The number of piperazine rings is 1. The van der Waals surface area contributed by atoms with Crippen LogP contribution in [0.3, 0.4) is 0 Å². The lowest BCUT2D eigenvalue weighted by atomic mass is 10.1. The van der Waals surface area contributed by atoms with Gasteiger partial charge in [0, 0.05) is 44.9 Å². The molecule has 0 saturated carbocycles. The number of methoxy groups -OCH3 is 1. The fraction of sp³-hybridized carbons (Fsp3) is 0.316. The zero-order valence-electron chi connectivity index (χ0n) is 14.1. The van der Waals surface area contributed by atoms with Crippen molar-refractivity contribution >= 4 is 27.2 Å². The molecule has 0 spiro atoms. The Hall–Kier alpha value is -2.31. The molecule has 0 amide bonds. The molecular weight excluding hydrogens is 334 g/mol. The Balaban J connectivity index is 1.43. The molecule has 6 heteroatoms. The SMILES string of the molecule is COc1ccc(CN2CCN(c3cc([O])cc4ncsc34)CC2)cc1. The van der Waals surface area contributed by atoms with E-state index < -0.39 is 0 Å². The second kappa shape index (κ2) is 6.90. The summed E-state index contributed by atoms with van der Waals surface area (Å²) in [5, 5.41) is 11.9. The van der Waals surface area contributed by atoms with E-state index in [1.807, 2.05) is 17.6 Å². The van der Waals surface area contributed by atoms with Gasteiger partial charge in [-0.15, -0.1) is 11.3 Å². The molecule has 1 radical (unpaired) electrons. The van der Waals surface area contributed by atoms with E-state index in [2.05, 4.69) is 26.9 Å². The van der Waals surface area contributed by atoms with Crippen molar-refractivity contribution < 1.29 is 9.84 Å². The van der Waals surface area contributed by atoms with Crippen LogP contribution in [0.1, 0.15) is 5.56 Å². The minimum absolute atomic E-state index is 0.0362. The van der Waals surface area contributed by atoms with Crippen molar-refractivity contribution in [3.05, 3.63) is 47.5 Å². The van der Waals surface area contributed by atoms with Crippen molar-refractivity contribution in [1.82, 2.24) is 9.88 Å². The zero-order chi connectivity index (χ0) is 17.2.